The number of urea groups is 1. The average Bonchev–Trinajstić information content (AvgIpc) is 2.36. The number of carbonyl (C=O) groups is 1. The lowest BCUT2D eigenvalue weighted by atomic mass is 10.2. The van der Waals surface area contributed by atoms with Gasteiger partial charge in [-0.1, -0.05) is 29.8 Å². The van der Waals surface area contributed by atoms with Crippen LogP contribution in [-0.4, -0.2) is 25.8 Å². The highest BCUT2D eigenvalue weighted by molar-refractivity contribution is 9.10. The number of carbonyl (C=O) groups excluding carboxylic acids is 1. The molecule has 2 N–H and O–H groups in total. The van der Waals surface area contributed by atoms with Crippen molar-refractivity contribution in [1.82, 2.24) is 5.32 Å². The first-order chi connectivity index (χ1) is 9.49. The molecule has 0 fully saturated rings. The maximum absolute atomic E-state index is 13.5. The van der Waals surface area contributed by atoms with E-state index in [0.29, 0.717) is 23.5 Å². The molecule has 0 aliphatic rings. The third-order valence-corrected chi connectivity index (χ3v) is 2.87. The number of hydrogen-bond donors (Lipinski definition) is 2. The largest absolute Gasteiger partial charge is 0.381 e. The van der Waals surface area contributed by atoms with Crippen LogP contribution in [0.25, 0.3) is 0 Å². The Morgan fingerprint density at radius 1 is 1.45 bits per heavy atom. The Labute approximate surface area is 127 Å². The summed E-state index contributed by atoms with van der Waals surface area (Å²) in [6.07, 6.45) is 0.725. The van der Waals surface area contributed by atoms with Gasteiger partial charge in [0.15, 0.2) is 0 Å². The Kier molecular flexibility index (Phi) is 7.54. The monoisotopic (exact) mass is 346 g/mol. The first-order valence-electron chi connectivity index (χ1n) is 6.56. The third-order valence-electron chi connectivity index (χ3n) is 2.38. The lowest BCUT2D eigenvalue weighted by Gasteiger charge is -2.09. The summed E-state index contributed by atoms with van der Waals surface area (Å²) in [5.74, 6) is 0.0291. The standard InChI is InChI=1S/C14H20BrFN2O2/c1-10(2)9-20-7-3-6-17-14(19)18-13-5-4-11(15)8-12(13)16/h4-5,8,10H,3,6-7,9H2,1-2H3,(H2,17,18,19). The highest BCUT2D eigenvalue weighted by Crippen LogP contribution is 2.18. The lowest BCUT2D eigenvalue weighted by Crippen LogP contribution is -2.30. The fraction of sp³-hybridized carbons (Fsp3) is 0.500. The normalized spacial score (nSPS) is 10.7. The smallest absolute Gasteiger partial charge is 0.319 e. The van der Waals surface area contributed by atoms with Crippen LogP contribution in [0.3, 0.4) is 0 Å². The van der Waals surface area contributed by atoms with Gasteiger partial charge in [-0.3, -0.25) is 0 Å². The maximum atomic E-state index is 13.5. The third kappa shape index (κ3) is 6.86. The Hall–Kier alpha value is -1.14. The molecule has 0 heterocycles. The van der Waals surface area contributed by atoms with E-state index in [0.717, 1.165) is 13.0 Å². The summed E-state index contributed by atoms with van der Waals surface area (Å²) in [6, 6.07) is 4.05. The molecule has 0 bridgehead atoms. The molecule has 1 aromatic carbocycles. The second-order valence-electron chi connectivity index (χ2n) is 4.83. The molecular weight excluding hydrogens is 327 g/mol. The molecule has 0 atom stereocenters. The molecule has 6 heteroatoms. The van der Waals surface area contributed by atoms with Crippen LogP contribution < -0.4 is 10.6 Å². The molecule has 4 nitrogen and oxygen atoms in total. The molecule has 0 aromatic heterocycles. The van der Waals surface area contributed by atoms with Crippen molar-refractivity contribution < 1.29 is 13.9 Å². The fourth-order valence-corrected chi connectivity index (χ4v) is 1.79. The maximum Gasteiger partial charge on any atom is 0.319 e. The van der Waals surface area contributed by atoms with E-state index >= 15 is 0 Å². The number of nitrogens with one attached hydrogen (secondary N) is 2. The summed E-state index contributed by atoms with van der Waals surface area (Å²) in [5.41, 5.74) is 0.154. The van der Waals surface area contributed by atoms with Crippen molar-refractivity contribution in [3.8, 4) is 0 Å². The molecule has 2 amide bonds. The zero-order valence-corrected chi connectivity index (χ0v) is 13.3. The van der Waals surface area contributed by atoms with E-state index in [1.807, 2.05) is 0 Å². The van der Waals surface area contributed by atoms with Gasteiger partial charge in [-0.05, 0) is 30.5 Å². The zero-order valence-electron chi connectivity index (χ0n) is 11.7. The van der Waals surface area contributed by atoms with Gasteiger partial charge in [0.25, 0.3) is 0 Å². The van der Waals surface area contributed by atoms with Crippen molar-refractivity contribution in [3.05, 3.63) is 28.5 Å². The molecule has 0 spiro atoms. The molecule has 0 aliphatic heterocycles. The molecule has 0 radical (unpaired) electrons. The molecule has 1 aromatic rings. The van der Waals surface area contributed by atoms with Crippen molar-refractivity contribution in [2.75, 3.05) is 25.1 Å². The van der Waals surface area contributed by atoms with Gasteiger partial charge in [0.05, 0.1) is 5.69 Å². The van der Waals surface area contributed by atoms with Gasteiger partial charge in [-0.2, -0.15) is 0 Å². The van der Waals surface area contributed by atoms with Crippen molar-refractivity contribution >= 4 is 27.6 Å². The van der Waals surface area contributed by atoms with Gasteiger partial charge in [0, 0.05) is 24.2 Å². The van der Waals surface area contributed by atoms with E-state index in [9.17, 15) is 9.18 Å². The first kappa shape index (κ1) is 16.9. The van der Waals surface area contributed by atoms with Gasteiger partial charge in [0.1, 0.15) is 5.82 Å². The number of rotatable bonds is 7. The van der Waals surface area contributed by atoms with Crippen molar-refractivity contribution in [2.45, 2.75) is 20.3 Å². The second-order valence-corrected chi connectivity index (χ2v) is 5.74. The van der Waals surface area contributed by atoms with Crippen LogP contribution in [0.2, 0.25) is 0 Å². The van der Waals surface area contributed by atoms with E-state index < -0.39 is 11.8 Å². The van der Waals surface area contributed by atoms with Gasteiger partial charge >= 0.3 is 6.03 Å². The SMILES string of the molecule is CC(C)COCCCNC(=O)Nc1ccc(Br)cc1F. The predicted octanol–water partition coefficient (Wildman–Crippen LogP) is 3.77. The lowest BCUT2D eigenvalue weighted by molar-refractivity contribution is 0.108. The van der Waals surface area contributed by atoms with Crippen LogP contribution in [0.1, 0.15) is 20.3 Å². The minimum Gasteiger partial charge on any atom is -0.381 e. The first-order valence-corrected chi connectivity index (χ1v) is 7.36. The van der Waals surface area contributed by atoms with Crippen molar-refractivity contribution in [2.24, 2.45) is 5.92 Å². The summed E-state index contributed by atoms with van der Waals surface area (Å²) in [4.78, 5) is 11.5. The number of hydrogen-bond acceptors (Lipinski definition) is 2. The van der Waals surface area contributed by atoms with E-state index in [1.165, 1.54) is 12.1 Å². The number of amides is 2. The Morgan fingerprint density at radius 3 is 2.85 bits per heavy atom. The van der Waals surface area contributed by atoms with Crippen LogP contribution in [0.5, 0.6) is 0 Å². The van der Waals surface area contributed by atoms with E-state index in [-0.39, 0.29) is 5.69 Å². The van der Waals surface area contributed by atoms with E-state index in [2.05, 4.69) is 40.4 Å². The van der Waals surface area contributed by atoms with Crippen LogP contribution >= 0.6 is 15.9 Å². The Balaban J connectivity index is 2.20. The summed E-state index contributed by atoms with van der Waals surface area (Å²) in [5, 5.41) is 5.11. The highest BCUT2D eigenvalue weighted by Gasteiger charge is 2.06. The molecule has 0 saturated heterocycles. The van der Waals surface area contributed by atoms with Gasteiger partial charge < -0.3 is 15.4 Å². The average molecular weight is 347 g/mol. The van der Waals surface area contributed by atoms with Crippen LogP contribution in [0, 0.1) is 11.7 Å². The van der Waals surface area contributed by atoms with Gasteiger partial charge in [-0.15, -0.1) is 0 Å². The molecule has 112 valence electrons. The highest BCUT2D eigenvalue weighted by atomic mass is 79.9. The predicted molar refractivity (Wildman–Crippen MR) is 81.4 cm³/mol. The number of benzene rings is 1. The van der Waals surface area contributed by atoms with Gasteiger partial charge in [-0.25, -0.2) is 9.18 Å². The number of anilines is 1. The molecule has 0 unspecified atom stereocenters. The Morgan fingerprint density at radius 2 is 2.20 bits per heavy atom. The summed E-state index contributed by atoms with van der Waals surface area (Å²) >= 11 is 3.16. The molecule has 1 rings (SSSR count). The molecular formula is C14H20BrFN2O2. The summed E-state index contributed by atoms with van der Waals surface area (Å²) < 4.78 is 19.5. The van der Waals surface area contributed by atoms with Gasteiger partial charge in [0.2, 0.25) is 0 Å². The van der Waals surface area contributed by atoms with Crippen molar-refractivity contribution in [3.63, 3.8) is 0 Å². The second kappa shape index (κ2) is 8.92. The topological polar surface area (TPSA) is 50.4 Å². The zero-order chi connectivity index (χ0) is 15.0. The van der Waals surface area contributed by atoms with Crippen molar-refractivity contribution in [1.29, 1.82) is 0 Å². The number of ether oxygens (including phenoxy) is 1. The quantitative estimate of drug-likeness (QED) is 0.738. The van der Waals surface area contributed by atoms with Crippen LogP contribution in [0.15, 0.2) is 22.7 Å². The summed E-state index contributed by atoms with van der Waals surface area (Å²) in [7, 11) is 0. The van der Waals surface area contributed by atoms with E-state index in [4.69, 9.17) is 4.74 Å². The fourth-order valence-electron chi connectivity index (χ4n) is 1.45. The minimum atomic E-state index is -0.477. The molecule has 20 heavy (non-hydrogen) atoms. The number of halogens is 2. The van der Waals surface area contributed by atoms with E-state index in [1.54, 1.807) is 6.07 Å². The minimum absolute atomic E-state index is 0.154. The molecule has 0 aliphatic carbocycles. The van der Waals surface area contributed by atoms with Crippen LogP contribution in [0.4, 0.5) is 14.9 Å². The summed E-state index contributed by atoms with van der Waals surface area (Å²) in [6.45, 7) is 5.97. The molecule has 0 saturated carbocycles. The Bertz CT molecular complexity index is 441. The van der Waals surface area contributed by atoms with Crippen LogP contribution in [-0.2, 0) is 4.74 Å².